The second kappa shape index (κ2) is 10.9. The number of nitrogens with zero attached hydrogens (tertiary/aromatic N) is 1. The molecule has 0 spiro atoms. The molecular weight excluding hydrogens is 442 g/mol. The summed E-state index contributed by atoms with van der Waals surface area (Å²) in [6.45, 7) is 3.71. The zero-order valence-corrected chi connectivity index (χ0v) is 19.8. The van der Waals surface area contributed by atoms with Crippen LogP contribution in [-0.2, 0) is 19.1 Å². The van der Waals surface area contributed by atoms with Gasteiger partial charge in [-0.25, -0.2) is 4.79 Å². The predicted molar refractivity (Wildman–Crippen MR) is 130 cm³/mol. The fraction of sp³-hybridized carbons (Fsp3) is 0.292. The van der Waals surface area contributed by atoms with E-state index >= 15 is 0 Å². The van der Waals surface area contributed by atoms with Gasteiger partial charge in [0.05, 0.1) is 25.3 Å². The molecule has 1 aliphatic heterocycles. The Kier molecular flexibility index (Phi) is 8.02. The molecule has 33 heavy (non-hydrogen) atoms. The van der Waals surface area contributed by atoms with E-state index in [0.29, 0.717) is 34.4 Å². The van der Waals surface area contributed by atoms with Gasteiger partial charge in [-0.2, -0.15) is 0 Å². The number of carbonyl (C=O) groups excluding carboxylic acids is 2. The fourth-order valence-corrected chi connectivity index (χ4v) is 3.92. The van der Waals surface area contributed by atoms with Gasteiger partial charge >= 0.3 is 5.97 Å². The molecule has 0 radical (unpaired) electrons. The number of anilines is 2. The fourth-order valence-electron chi connectivity index (χ4n) is 3.56. The second-order valence-corrected chi connectivity index (χ2v) is 7.73. The number of ether oxygens (including phenoxy) is 3. The molecule has 0 saturated carbocycles. The highest BCUT2D eigenvalue weighted by Gasteiger charge is 2.35. The molecule has 0 bridgehead atoms. The van der Waals surface area contributed by atoms with Crippen LogP contribution in [0.2, 0.25) is 0 Å². The summed E-state index contributed by atoms with van der Waals surface area (Å²) in [6, 6.07) is 14.1. The molecule has 174 valence electrons. The number of benzene rings is 2. The van der Waals surface area contributed by atoms with Crippen molar-refractivity contribution in [3.63, 3.8) is 0 Å². The average molecular weight is 470 g/mol. The lowest BCUT2D eigenvalue weighted by Crippen LogP contribution is -2.48. The van der Waals surface area contributed by atoms with Gasteiger partial charge in [-0.05, 0) is 61.1 Å². The third-order valence-electron chi connectivity index (χ3n) is 5.12. The lowest BCUT2D eigenvalue weighted by molar-refractivity contribution is -0.140. The third kappa shape index (κ3) is 5.68. The topological polar surface area (TPSA) is 89.1 Å². The van der Waals surface area contributed by atoms with E-state index in [0.717, 1.165) is 11.3 Å². The summed E-state index contributed by atoms with van der Waals surface area (Å²) in [4.78, 5) is 26.3. The second-order valence-electron chi connectivity index (χ2n) is 7.35. The molecule has 0 saturated heterocycles. The quantitative estimate of drug-likeness (QED) is 0.345. The van der Waals surface area contributed by atoms with Crippen molar-refractivity contribution in [3.8, 4) is 5.75 Å². The van der Waals surface area contributed by atoms with E-state index in [1.807, 2.05) is 43.3 Å². The zero-order valence-electron chi connectivity index (χ0n) is 19.0. The van der Waals surface area contributed by atoms with Crippen LogP contribution < -0.4 is 20.3 Å². The van der Waals surface area contributed by atoms with Crippen LogP contribution in [0, 0.1) is 0 Å². The number of carbonyl (C=O) groups is 2. The summed E-state index contributed by atoms with van der Waals surface area (Å²) in [5.74, 6) is 0.0922. The summed E-state index contributed by atoms with van der Waals surface area (Å²) < 4.78 is 15.7. The summed E-state index contributed by atoms with van der Waals surface area (Å²) in [5, 5.41) is 6.45. The van der Waals surface area contributed by atoms with Crippen molar-refractivity contribution in [1.82, 2.24) is 5.32 Å². The van der Waals surface area contributed by atoms with Gasteiger partial charge in [0.1, 0.15) is 12.4 Å². The molecule has 1 amide bonds. The Balaban J connectivity index is 2.01. The van der Waals surface area contributed by atoms with Crippen LogP contribution in [0.4, 0.5) is 11.4 Å². The molecule has 2 aromatic carbocycles. The first kappa shape index (κ1) is 24.2. The lowest BCUT2D eigenvalue weighted by Gasteiger charge is -2.37. The Bertz CT molecular complexity index is 1050. The number of allylic oxidation sites excluding steroid dienone is 1. The van der Waals surface area contributed by atoms with Crippen molar-refractivity contribution in [1.29, 1.82) is 0 Å². The molecule has 0 aromatic heterocycles. The Morgan fingerprint density at radius 3 is 2.30 bits per heavy atom. The van der Waals surface area contributed by atoms with Crippen molar-refractivity contribution in [2.24, 2.45) is 0 Å². The van der Waals surface area contributed by atoms with Gasteiger partial charge in [0, 0.05) is 31.1 Å². The van der Waals surface area contributed by atoms with Gasteiger partial charge in [0.2, 0.25) is 5.91 Å². The Labute approximate surface area is 198 Å². The smallest absolute Gasteiger partial charge is 0.338 e. The molecule has 1 unspecified atom stereocenters. The Morgan fingerprint density at radius 2 is 1.73 bits per heavy atom. The standard InChI is InChI=1S/C24H27N3O5S/c1-15-21(23(29)32-14-13-30-3)22(17-5-7-18(8-6-17)25-16(2)28)26-24(33)27(15)19-9-11-20(31-4)12-10-19/h5-12,22H,13-14H2,1-4H3,(H,25,28)(H,26,33). The molecule has 1 aliphatic rings. The Morgan fingerprint density at radius 1 is 1.06 bits per heavy atom. The summed E-state index contributed by atoms with van der Waals surface area (Å²) in [7, 11) is 3.15. The molecular formula is C24H27N3O5S. The Hall–Kier alpha value is -3.43. The monoisotopic (exact) mass is 469 g/mol. The zero-order chi connectivity index (χ0) is 24.0. The summed E-state index contributed by atoms with van der Waals surface area (Å²) >= 11 is 5.67. The minimum Gasteiger partial charge on any atom is -0.497 e. The third-order valence-corrected chi connectivity index (χ3v) is 5.42. The van der Waals surface area contributed by atoms with E-state index in [9.17, 15) is 9.59 Å². The molecule has 0 fully saturated rings. The highest BCUT2D eigenvalue weighted by atomic mass is 32.1. The van der Waals surface area contributed by atoms with E-state index in [1.54, 1.807) is 31.3 Å². The van der Waals surface area contributed by atoms with Crippen LogP contribution in [0.15, 0.2) is 59.8 Å². The van der Waals surface area contributed by atoms with E-state index in [2.05, 4.69) is 10.6 Å². The minimum absolute atomic E-state index is 0.132. The predicted octanol–water partition coefficient (Wildman–Crippen LogP) is 3.55. The van der Waals surface area contributed by atoms with Crippen LogP contribution in [-0.4, -0.2) is 44.4 Å². The minimum atomic E-state index is -0.520. The maximum Gasteiger partial charge on any atom is 0.338 e. The van der Waals surface area contributed by atoms with Gasteiger partial charge in [-0.15, -0.1) is 0 Å². The number of thiocarbonyl (C=S) groups is 1. The van der Waals surface area contributed by atoms with Gasteiger partial charge < -0.3 is 24.8 Å². The highest BCUT2D eigenvalue weighted by molar-refractivity contribution is 7.80. The average Bonchev–Trinajstić information content (AvgIpc) is 2.79. The van der Waals surface area contributed by atoms with Crippen molar-refractivity contribution in [2.45, 2.75) is 19.9 Å². The van der Waals surface area contributed by atoms with E-state index in [4.69, 9.17) is 26.4 Å². The van der Waals surface area contributed by atoms with Gasteiger partial charge in [-0.3, -0.25) is 9.69 Å². The van der Waals surface area contributed by atoms with Crippen LogP contribution in [0.1, 0.15) is 25.5 Å². The number of hydrogen-bond donors (Lipinski definition) is 2. The van der Waals surface area contributed by atoms with Crippen LogP contribution in [0.5, 0.6) is 5.75 Å². The first-order valence-corrected chi connectivity index (χ1v) is 10.8. The number of hydrogen-bond acceptors (Lipinski definition) is 6. The lowest BCUT2D eigenvalue weighted by atomic mass is 9.94. The number of methoxy groups -OCH3 is 2. The molecule has 1 heterocycles. The molecule has 2 N–H and O–H groups in total. The highest BCUT2D eigenvalue weighted by Crippen LogP contribution is 2.35. The van der Waals surface area contributed by atoms with Gasteiger partial charge in [-0.1, -0.05) is 12.1 Å². The molecule has 1 atom stereocenters. The summed E-state index contributed by atoms with van der Waals surface area (Å²) in [6.07, 6.45) is 0. The molecule has 0 aliphatic carbocycles. The largest absolute Gasteiger partial charge is 0.497 e. The van der Waals surface area contributed by atoms with Crippen LogP contribution in [0.3, 0.4) is 0 Å². The van der Waals surface area contributed by atoms with E-state index in [-0.39, 0.29) is 12.5 Å². The molecule has 8 nitrogen and oxygen atoms in total. The SMILES string of the molecule is COCCOC(=O)C1=C(C)N(c2ccc(OC)cc2)C(=S)NC1c1ccc(NC(C)=O)cc1. The number of amides is 1. The first-order chi connectivity index (χ1) is 15.8. The van der Waals surface area contributed by atoms with Crippen LogP contribution >= 0.6 is 12.2 Å². The number of rotatable bonds is 8. The summed E-state index contributed by atoms with van der Waals surface area (Å²) in [5.41, 5.74) is 3.34. The van der Waals surface area contributed by atoms with E-state index in [1.165, 1.54) is 6.92 Å². The van der Waals surface area contributed by atoms with Crippen molar-refractivity contribution in [2.75, 3.05) is 37.7 Å². The van der Waals surface area contributed by atoms with Crippen molar-refractivity contribution in [3.05, 3.63) is 65.4 Å². The van der Waals surface area contributed by atoms with Crippen LogP contribution in [0.25, 0.3) is 0 Å². The maximum atomic E-state index is 13.1. The number of nitrogens with one attached hydrogen (secondary N) is 2. The van der Waals surface area contributed by atoms with Crippen molar-refractivity contribution >= 4 is 40.6 Å². The van der Waals surface area contributed by atoms with Gasteiger partial charge in [0.15, 0.2) is 5.11 Å². The first-order valence-electron chi connectivity index (χ1n) is 10.3. The maximum absolute atomic E-state index is 13.1. The van der Waals surface area contributed by atoms with E-state index < -0.39 is 12.0 Å². The molecule has 2 aromatic rings. The molecule has 9 heteroatoms. The normalized spacial score (nSPS) is 15.7. The van der Waals surface area contributed by atoms with Gasteiger partial charge in [0.25, 0.3) is 0 Å². The van der Waals surface area contributed by atoms with Crippen molar-refractivity contribution < 1.29 is 23.8 Å². The number of esters is 1. The molecule has 3 rings (SSSR count).